The molecule has 0 N–H and O–H groups in total. The van der Waals surface area contributed by atoms with E-state index in [0.29, 0.717) is 24.1 Å². The predicted molar refractivity (Wildman–Crippen MR) is 295 cm³/mol. The zero-order valence-electron chi connectivity index (χ0n) is 45.5. The topological polar surface area (TPSA) is 94.1 Å². The van der Waals surface area contributed by atoms with Crippen LogP contribution in [0.2, 0.25) is 0 Å². The molecule has 0 bridgehead atoms. The van der Waals surface area contributed by atoms with E-state index in [-0.39, 0.29) is 25.8 Å². The maximum atomic E-state index is 12.8. The number of phosphoric acid groups is 1. The molecule has 0 amide bonds. The van der Waals surface area contributed by atoms with Crippen molar-refractivity contribution in [1.82, 2.24) is 0 Å². The van der Waals surface area contributed by atoms with Crippen molar-refractivity contribution >= 4 is 13.8 Å². The number of hydrogen-bond donors (Lipinski definition) is 0. The van der Waals surface area contributed by atoms with Gasteiger partial charge in [0.1, 0.15) is 19.3 Å². The van der Waals surface area contributed by atoms with E-state index in [0.717, 1.165) is 77.0 Å². The van der Waals surface area contributed by atoms with Gasteiger partial charge >= 0.3 is 5.97 Å². The molecule has 0 radical (unpaired) electrons. The molecule has 0 saturated heterocycles. The second-order valence-corrected chi connectivity index (χ2v) is 21.3. The molecular weight excluding hydrogens is 878 g/mol. The van der Waals surface area contributed by atoms with Gasteiger partial charge in [0.25, 0.3) is 7.82 Å². The lowest BCUT2D eigenvalue weighted by atomic mass is 10.1. The first-order valence-electron chi connectivity index (χ1n) is 28.3. The Labute approximate surface area is 426 Å². The van der Waals surface area contributed by atoms with Crippen molar-refractivity contribution in [3.63, 3.8) is 0 Å². The average molecular weight is 986 g/mol. The van der Waals surface area contributed by atoms with Gasteiger partial charge in [-0.15, -0.1) is 0 Å². The summed E-state index contributed by atoms with van der Waals surface area (Å²) in [6.45, 7) is 5.28. The van der Waals surface area contributed by atoms with Crippen LogP contribution in [-0.4, -0.2) is 70.7 Å². The molecular formula is C60H108NO7P. The van der Waals surface area contributed by atoms with Gasteiger partial charge in [-0.2, -0.15) is 0 Å². The molecule has 0 spiro atoms. The Kier molecular flexibility index (Phi) is 50.3. The maximum absolute atomic E-state index is 12.8. The van der Waals surface area contributed by atoms with Gasteiger partial charge in [-0.25, -0.2) is 0 Å². The zero-order valence-corrected chi connectivity index (χ0v) is 46.4. The summed E-state index contributed by atoms with van der Waals surface area (Å²) in [5.41, 5.74) is 0. The number of unbranched alkanes of at least 4 members (excludes halogenated alkanes) is 24. The average Bonchev–Trinajstić information content (AvgIpc) is 3.31. The summed E-state index contributed by atoms with van der Waals surface area (Å²) >= 11 is 0. The molecule has 0 aliphatic carbocycles. The fourth-order valence-electron chi connectivity index (χ4n) is 7.60. The van der Waals surface area contributed by atoms with Crippen molar-refractivity contribution in [2.75, 3.05) is 54.1 Å². The number of hydrogen-bond acceptors (Lipinski definition) is 7. The lowest BCUT2D eigenvalue weighted by molar-refractivity contribution is -0.870. The number of quaternary nitrogens is 1. The van der Waals surface area contributed by atoms with Gasteiger partial charge < -0.3 is 27.9 Å². The van der Waals surface area contributed by atoms with Crippen LogP contribution in [0.25, 0.3) is 0 Å². The standard InChI is InChI=1S/C60H108NO7P/c1-6-8-10-12-14-16-18-20-22-24-26-28-29-30-31-32-34-36-38-40-42-44-46-48-50-52-55-65-57-59(58-67-69(63,64)66-56-54-61(3,4)5)68-60(62)53-51-49-47-45-43-41-39-37-35-33-27-25-23-21-19-17-15-13-11-9-7-2/h9,11,15,17-18,20-21,23-24,26-27,29-30,33,59H,6-8,10,12-14,16,19,22,25,28,31-32,34-58H2,1-5H3/b11-9-,17-15-,20-18-,23-21-,26-24-,30-29-,33-27-. The highest BCUT2D eigenvalue weighted by Crippen LogP contribution is 2.38. The molecule has 400 valence electrons. The highest BCUT2D eigenvalue weighted by atomic mass is 31.2. The van der Waals surface area contributed by atoms with Crippen LogP contribution in [0.1, 0.15) is 232 Å². The highest BCUT2D eigenvalue weighted by Gasteiger charge is 2.20. The first-order valence-corrected chi connectivity index (χ1v) is 29.8. The molecule has 0 fully saturated rings. The summed E-state index contributed by atoms with van der Waals surface area (Å²) in [4.78, 5) is 25.3. The summed E-state index contributed by atoms with van der Waals surface area (Å²) in [6, 6.07) is 0. The monoisotopic (exact) mass is 986 g/mol. The number of carbonyl (C=O) groups is 1. The van der Waals surface area contributed by atoms with Crippen LogP contribution < -0.4 is 4.89 Å². The van der Waals surface area contributed by atoms with Crippen LogP contribution >= 0.6 is 7.82 Å². The van der Waals surface area contributed by atoms with E-state index < -0.39 is 13.9 Å². The fourth-order valence-corrected chi connectivity index (χ4v) is 8.33. The summed E-state index contributed by atoms with van der Waals surface area (Å²) in [5.74, 6) is -0.344. The van der Waals surface area contributed by atoms with Gasteiger partial charge in [0.2, 0.25) is 0 Å². The van der Waals surface area contributed by atoms with Crippen molar-refractivity contribution < 1.29 is 37.3 Å². The minimum Gasteiger partial charge on any atom is -0.756 e. The third-order valence-corrected chi connectivity index (χ3v) is 12.9. The molecule has 0 aliphatic rings. The summed E-state index contributed by atoms with van der Waals surface area (Å²) in [7, 11) is 1.34. The van der Waals surface area contributed by atoms with Gasteiger partial charge in [0.05, 0.1) is 34.4 Å². The normalized spacial score (nSPS) is 14.1. The predicted octanol–water partition coefficient (Wildman–Crippen LogP) is 17.3. The van der Waals surface area contributed by atoms with Crippen LogP contribution in [0.15, 0.2) is 85.1 Å². The van der Waals surface area contributed by atoms with Gasteiger partial charge in [-0.05, 0) is 89.9 Å². The Morgan fingerprint density at radius 2 is 0.841 bits per heavy atom. The number of likely N-dealkylation sites (N-methyl/N-ethyl adjacent to an activating group) is 1. The highest BCUT2D eigenvalue weighted by molar-refractivity contribution is 7.45. The van der Waals surface area contributed by atoms with E-state index in [4.69, 9.17) is 18.5 Å². The lowest BCUT2D eigenvalue weighted by Gasteiger charge is -2.28. The molecule has 0 rings (SSSR count). The zero-order chi connectivity index (χ0) is 50.5. The van der Waals surface area contributed by atoms with Gasteiger partial charge in [0, 0.05) is 13.0 Å². The summed E-state index contributed by atoms with van der Waals surface area (Å²) in [6.07, 6.45) is 70.4. The quantitative estimate of drug-likeness (QED) is 0.0197. The van der Waals surface area contributed by atoms with E-state index in [2.05, 4.69) is 98.9 Å². The smallest absolute Gasteiger partial charge is 0.306 e. The largest absolute Gasteiger partial charge is 0.756 e. The van der Waals surface area contributed by atoms with E-state index in [1.165, 1.54) is 135 Å². The number of ether oxygens (including phenoxy) is 2. The maximum Gasteiger partial charge on any atom is 0.306 e. The summed E-state index contributed by atoms with van der Waals surface area (Å²) in [5, 5.41) is 0. The third-order valence-electron chi connectivity index (χ3n) is 11.9. The lowest BCUT2D eigenvalue weighted by Crippen LogP contribution is -2.37. The minimum absolute atomic E-state index is 0.0199. The van der Waals surface area contributed by atoms with Crippen LogP contribution in [-0.2, 0) is 27.9 Å². The van der Waals surface area contributed by atoms with Gasteiger partial charge in [-0.1, -0.05) is 221 Å². The van der Waals surface area contributed by atoms with Crippen LogP contribution in [0.4, 0.5) is 0 Å². The number of phosphoric ester groups is 1. The SMILES string of the molecule is CC/C=C\C/C=C\C/C=C\C/C=C\CCCCCCCCCCC(=O)OC(COCCCCCCCCCCCCC/C=C\C/C=C\C/C=C\CCCCCCC)COP(=O)([O-])OCC[N+](C)(C)C. The van der Waals surface area contributed by atoms with Crippen LogP contribution in [0, 0.1) is 0 Å². The van der Waals surface area contributed by atoms with E-state index >= 15 is 0 Å². The van der Waals surface area contributed by atoms with E-state index in [1.807, 2.05) is 21.1 Å². The molecule has 0 aromatic carbocycles. The van der Waals surface area contributed by atoms with Crippen molar-refractivity contribution in [1.29, 1.82) is 0 Å². The first-order chi connectivity index (χ1) is 33.6. The Hall–Kier alpha value is -2.32. The number of esters is 1. The molecule has 0 aromatic heterocycles. The number of rotatable bonds is 52. The van der Waals surface area contributed by atoms with Crippen LogP contribution in [0.3, 0.4) is 0 Å². The fraction of sp³-hybridized carbons (Fsp3) is 0.750. The molecule has 2 unspecified atom stereocenters. The van der Waals surface area contributed by atoms with Gasteiger partial charge in [-0.3, -0.25) is 9.36 Å². The Morgan fingerprint density at radius 1 is 0.464 bits per heavy atom. The van der Waals surface area contributed by atoms with E-state index in [9.17, 15) is 14.3 Å². The van der Waals surface area contributed by atoms with Crippen LogP contribution in [0.5, 0.6) is 0 Å². The summed E-state index contributed by atoms with van der Waals surface area (Å²) < 4.78 is 34.8. The minimum atomic E-state index is -4.54. The molecule has 69 heavy (non-hydrogen) atoms. The molecule has 2 atom stereocenters. The van der Waals surface area contributed by atoms with Crippen molar-refractivity contribution in [2.45, 2.75) is 238 Å². The second kappa shape index (κ2) is 52.0. The number of nitrogens with zero attached hydrogens (tertiary/aromatic N) is 1. The van der Waals surface area contributed by atoms with Crippen molar-refractivity contribution in [2.24, 2.45) is 0 Å². The van der Waals surface area contributed by atoms with Crippen molar-refractivity contribution in [3.8, 4) is 0 Å². The molecule has 0 aliphatic heterocycles. The third kappa shape index (κ3) is 56.5. The Balaban J connectivity index is 4.11. The molecule has 9 heteroatoms. The Morgan fingerprint density at radius 3 is 1.26 bits per heavy atom. The number of carbonyl (C=O) groups excluding carboxylic acids is 1. The molecule has 0 saturated carbocycles. The molecule has 8 nitrogen and oxygen atoms in total. The molecule has 0 heterocycles. The van der Waals surface area contributed by atoms with E-state index in [1.54, 1.807) is 0 Å². The van der Waals surface area contributed by atoms with Gasteiger partial charge in [0.15, 0.2) is 0 Å². The first kappa shape index (κ1) is 66.7. The number of allylic oxidation sites excluding steroid dienone is 14. The van der Waals surface area contributed by atoms with Crippen molar-refractivity contribution in [3.05, 3.63) is 85.1 Å². The molecule has 0 aromatic rings. The Bertz CT molecular complexity index is 1380. The second-order valence-electron chi connectivity index (χ2n) is 19.9.